The second-order valence-electron chi connectivity index (χ2n) is 4.73. The SMILES string of the molecule is C=CCOCCCC(=O)Nc1cccc(S(=O)(=O)NCCN)c1. The third kappa shape index (κ3) is 7.38. The second kappa shape index (κ2) is 10.1. The lowest BCUT2D eigenvalue weighted by Crippen LogP contribution is -2.29. The molecule has 0 atom stereocenters. The van der Waals surface area contributed by atoms with Crippen molar-refractivity contribution >= 4 is 21.6 Å². The molecule has 0 aliphatic carbocycles. The average molecular weight is 341 g/mol. The molecule has 0 saturated heterocycles. The number of carbonyl (C=O) groups is 1. The average Bonchev–Trinajstić information content (AvgIpc) is 2.53. The van der Waals surface area contributed by atoms with E-state index in [0.717, 1.165) is 0 Å². The van der Waals surface area contributed by atoms with Crippen molar-refractivity contribution in [3.05, 3.63) is 36.9 Å². The predicted molar refractivity (Wildman–Crippen MR) is 89.6 cm³/mol. The summed E-state index contributed by atoms with van der Waals surface area (Å²) in [5.74, 6) is -0.198. The Labute approximate surface area is 137 Å². The maximum Gasteiger partial charge on any atom is 0.240 e. The minimum absolute atomic E-state index is 0.0815. The summed E-state index contributed by atoms with van der Waals surface area (Å²) < 4.78 is 31.6. The number of amides is 1. The van der Waals surface area contributed by atoms with Crippen LogP contribution < -0.4 is 15.8 Å². The van der Waals surface area contributed by atoms with Gasteiger partial charge in [0.25, 0.3) is 0 Å². The fraction of sp³-hybridized carbons (Fsp3) is 0.400. The molecule has 128 valence electrons. The Morgan fingerprint density at radius 2 is 2.17 bits per heavy atom. The Bertz CT molecular complexity index is 617. The third-order valence-corrected chi connectivity index (χ3v) is 4.25. The lowest BCUT2D eigenvalue weighted by Gasteiger charge is -2.09. The topological polar surface area (TPSA) is 111 Å². The first-order chi connectivity index (χ1) is 11.0. The maximum absolute atomic E-state index is 12.0. The zero-order valence-corrected chi connectivity index (χ0v) is 13.8. The number of rotatable bonds is 11. The third-order valence-electron chi connectivity index (χ3n) is 2.79. The van der Waals surface area contributed by atoms with Gasteiger partial charge in [-0.25, -0.2) is 13.1 Å². The van der Waals surface area contributed by atoms with Crippen LogP contribution in [0.15, 0.2) is 41.8 Å². The highest BCUT2D eigenvalue weighted by atomic mass is 32.2. The van der Waals surface area contributed by atoms with Crippen molar-refractivity contribution in [3.63, 3.8) is 0 Å². The summed E-state index contributed by atoms with van der Waals surface area (Å²) in [4.78, 5) is 11.9. The molecule has 0 bridgehead atoms. The highest BCUT2D eigenvalue weighted by Gasteiger charge is 2.13. The molecule has 1 rings (SSSR count). The monoisotopic (exact) mass is 341 g/mol. The van der Waals surface area contributed by atoms with Crippen LogP contribution in [0.4, 0.5) is 5.69 Å². The quantitative estimate of drug-likeness (QED) is 0.408. The Morgan fingerprint density at radius 1 is 1.39 bits per heavy atom. The van der Waals surface area contributed by atoms with E-state index >= 15 is 0 Å². The van der Waals surface area contributed by atoms with Crippen LogP contribution in [0.3, 0.4) is 0 Å². The van der Waals surface area contributed by atoms with Crippen LogP contribution >= 0.6 is 0 Å². The number of nitrogens with one attached hydrogen (secondary N) is 2. The molecule has 23 heavy (non-hydrogen) atoms. The van der Waals surface area contributed by atoms with Crippen LogP contribution in [0.2, 0.25) is 0 Å². The van der Waals surface area contributed by atoms with Crippen molar-refractivity contribution in [2.24, 2.45) is 5.73 Å². The fourth-order valence-electron chi connectivity index (χ4n) is 1.74. The number of ether oxygens (including phenoxy) is 1. The number of nitrogens with two attached hydrogens (primary N) is 1. The number of carbonyl (C=O) groups excluding carboxylic acids is 1. The highest BCUT2D eigenvalue weighted by Crippen LogP contribution is 2.15. The van der Waals surface area contributed by atoms with Gasteiger partial charge in [0.05, 0.1) is 11.5 Å². The van der Waals surface area contributed by atoms with Crippen LogP contribution in [-0.2, 0) is 19.6 Å². The first-order valence-corrected chi connectivity index (χ1v) is 8.76. The zero-order chi connectivity index (χ0) is 17.1. The molecule has 0 aliphatic heterocycles. The molecule has 0 aromatic heterocycles. The van der Waals surface area contributed by atoms with E-state index < -0.39 is 10.0 Å². The van der Waals surface area contributed by atoms with Crippen LogP contribution in [0.5, 0.6) is 0 Å². The molecule has 0 unspecified atom stereocenters. The van der Waals surface area contributed by atoms with Gasteiger partial charge in [0, 0.05) is 31.8 Å². The Balaban J connectivity index is 2.56. The van der Waals surface area contributed by atoms with E-state index in [-0.39, 0.29) is 23.9 Å². The summed E-state index contributed by atoms with van der Waals surface area (Å²) in [6, 6.07) is 6.07. The molecular formula is C15H23N3O4S. The smallest absolute Gasteiger partial charge is 0.240 e. The normalized spacial score (nSPS) is 11.2. The second-order valence-corrected chi connectivity index (χ2v) is 6.50. The molecule has 0 spiro atoms. The number of sulfonamides is 1. The summed E-state index contributed by atoms with van der Waals surface area (Å²) >= 11 is 0. The summed E-state index contributed by atoms with van der Waals surface area (Å²) in [5.41, 5.74) is 5.72. The zero-order valence-electron chi connectivity index (χ0n) is 13.0. The molecule has 0 fully saturated rings. The van der Waals surface area contributed by atoms with E-state index in [0.29, 0.717) is 31.7 Å². The molecule has 0 aliphatic rings. The lowest BCUT2D eigenvalue weighted by molar-refractivity contribution is -0.116. The number of anilines is 1. The van der Waals surface area contributed by atoms with E-state index in [1.165, 1.54) is 12.1 Å². The summed E-state index contributed by atoms with van der Waals surface area (Å²) in [6.07, 6.45) is 2.51. The van der Waals surface area contributed by atoms with Crippen molar-refractivity contribution in [3.8, 4) is 0 Å². The molecule has 0 saturated carbocycles. The van der Waals surface area contributed by atoms with Crippen LogP contribution in [-0.4, -0.2) is 40.6 Å². The summed E-state index contributed by atoms with van der Waals surface area (Å²) in [5, 5.41) is 2.67. The van der Waals surface area contributed by atoms with Crippen molar-refractivity contribution in [1.29, 1.82) is 0 Å². The summed E-state index contributed by atoms with van der Waals surface area (Å²) in [6.45, 7) is 4.82. The van der Waals surface area contributed by atoms with Gasteiger partial charge in [0.2, 0.25) is 15.9 Å². The van der Waals surface area contributed by atoms with Gasteiger partial charge in [-0.1, -0.05) is 12.1 Å². The molecule has 0 heterocycles. The number of hydrogen-bond donors (Lipinski definition) is 3. The van der Waals surface area contributed by atoms with Gasteiger partial charge in [-0.2, -0.15) is 0 Å². The van der Waals surface area contributed by atoms with Crippen molar-refractivity contribution in [2.75, 3.05) is 31.6 Å². The van der Waals surface area contributed by atoms with Crippen LogP contribution in [0, 0.1) is 0 Å². The molecule has 7 nitrogen and oxygen atoms in total. The van der Waals surface area contributed by atoms with Gasteiger partial charge >= 0.3 is 0 Å². The number of benzene rings is 1. The van der Waals surface area contributed by atoms with Gasteiger partial charge in [-0.3, -0.25) is 4.79 Å². The fourth-order valence-corrected chi connectivity index (χ4v) is 2.84. The Kier molecular flexibility index (Phi) is 8.49. The standard InChI is InChI=1S/C15H23N3O4S/c1-2-10-22-11-4-7-15(19)18-13-5-3-6-14(12-13)23(20,21)17-9-8-16/h2-3,5-6,12,17H,1,4,7-11,16H2,(H,18,19). The lowest BCUT2D eigenvalue weighted by atomic mass is 10.2. The molecular weight excluding hydrogens is 318 g/mol. The van der Waals surface area contributed by atoms with E-state index in [2.05, 4.69) is 16.6 Å². The van der Waals surface area contributed by atoms with E-state index in [1.54, 1.807) is 18.2 Å². The first kappa shape index (κ1) is 19.3. The molecule has 4 N–H and O–H groups in total. The highest BCUT2D eigenvalue weighted by molar-refractivity contribution is 7.89. The van der Waals surface area contributed by atoms with Gasteiger partial charge in [-0.05, 0) is 24.6 Å². The van der Waals surface area contributed by atoms with Crippen molar-refractivity contribution in [1.82, 2.24) is 4.72 Å². The van der Waals surface area contributed by atoms with Gasteiger partial charge in [-0.15, -0.1) is 6.58 Å². The summed E-state index contributed by atoms with van der Waals surface area (Å²) in [7, 11) is -3.62. The minimum atomic E-state index is -3.62. The molecule has 8 heteroatoms. The first-order valence-electron chi connectivity index (χ1n) is 7.28. The van der Waals surface area contributed by atoms with E-state index in [9.17, 15) is 13.2 Å². The predicted octanol–water partition coefficient (Wildman–Crippen LogP) is 0.845. The van der Waals surface area contributed by atoms with Crippen molar-refractivity contribution in [2.45, 2.75) is 17.7 Å². The van der Waals surface area contributed by atoms with Gasteiger partial charge in [0.15, 0.2) is 0 Å². The largest absolute Gasteiger partial charge is 0.377 e. The van der Waals surface area contributed by atoms with Gasteiger partial charge < -0.3 is 15.8 Å². The van der Waals surface area contributed by atoms with Gasteiger partial charge in [0.1, 0.15) is 0 Å². The molecule has 1 amide bonds. The molecule has 0 radical (unpaired) electrons. The maximum atomic E-state index is 12.0. The van der Waals surface area contributed by atoms with Crippen LogP contribution in [0.25, 0.3) is 0 Å². The minimum Gasteiger partial charge on any atom is -0.377 e. The van der Waals surface area contributed by atoms with E-state index in [1.807, 2.05) is 0 Å². The Morgan fingerprint density at radius 3 is 2.87 bits per heavy atom. The van der Waals surface area contributed by atoms with Crippen LogP contribution in [0.1, 0.15) is 12.8 Å². The number of hydrogen-bond acceptors (Lipinski definition) is 5. The van der Waals surface area contributed by atoms with E-state index in [4.69, 9.17) is 10.5 Å². The van der Waals surface area contributed by atoms with Crippen molar-refractivity contribution < 1.29 is 17.9 Å². The molecule has 1 aromatic rings. The molecule has 1 aromatic carbocycles. The Hall–Kier alpha value is -1.74.